The summed E-state index contributed by atoms with van der Waals surface area (Å²) in [7, 11) is 0. The Morgan fingerprint density at radius 3 is 2.48 bits per heavy atom. The van der Waals surface area contributed by atoms with Crippen molar-refractivity contribution in [2.24, 2.45) is 5.92 Å². The van der Waals surface area contributed by atoms with Crippen LogP contribution in [0.3, 0.4) is 0 Å². The van der Waals surface area contributed by atoms with Crippen LogP contribution in [0.15, 0.2) is 24.3 Å². The van der Waals surface area contributed by atoms with Crippen LogP contribution in [0.25, 0.3) is 0 Å². The van der Waals surface area contributed by atoms with Crippen LogP contribution in [0, 0.1) is 5.92 Å². The quantitative estimate of drug-likeness (QED) is 0.732. The molecule has 1 aliphatic heterocycles. The third-order valence-electron chi connectivity index (χ3n) is 4.19. The average Bonchev–Trinajstić information content (AvgIpc) is 2.60. The Balaban J connectivity index is 1.76. The van der Waals surface area contributed by atoms with Crippen LogP contribution in [0.4, 0.5) is 0 Å². The lowest BCUT2D eigenvalue weighted by atomic mass is 10.1. The van der Waals surface area contributed by atoms with E-state index in [2.05, 4.69) is 10.2 Å². The summed E-state index contributed by atoms with van der Waals surface area (Å²) in [5, 5.41) is 12.2. The Labute approximate surface area is 149 Å². The van der Waals surface area contributed by atoms with Crippen molar-refractivity contribution in [2.75, 3.05) is 26.2 Å². The number of hydrogen-bond acceptors (Lipinski definition) is 5. The van der Waals surface area contributed by atoms with Gasteiger partial charge in [0.2, 0.25) is 0 Å². The minimum atomic E-state index is -0.493. The summed E-state index contributed by atoms with van der Waals surface area (Å²) in [6, 6.07) is 7.26. The largest absolute Gasteiger partial charge is 0.452 e. The van der Waals surface area contributed by atoms with Crippen molar-refractivity contribution in [3.8, 4) is 0 Å². The van der Waals surface area contributed by atoms with Gasteiger partial charge in [0.25, 0.3) is 5.91 Å². The zero-order valence-electron chi connectivity index (χ0n) is 15.0. The zero-order chi connectivity index (χ0) is 18.2. The highest BCUT2D eigenvalue weighted by molar-refractivity contribution is 5.91. The van der Waals surface area contributed by atoms with E-state index in [0.29, 0.717) is 18.0 Å². The highest BCUT2D eigenvalue weighted by Crippen LogP contribution is 2.14. The molecule has 2 rings (SSSR count). The summed E-state index contributed by atoms with van der Waals surface area (Å²) in [4.78, 5) is 25.8. The van der Waals surface area contributed by atoms with E-state index in [9.17, 15) is 14.7 Å². The van der Waals surface area contributed by atoms with Crippen molar-refractivity contribution in [2.45, 2.75) is 39.3 Å². The standard InChI is InChI=1S/C19H28N2O4/c1-14(2)11-20-18(23)13-25-19(24)16-5-3-15(4-6-16)12-21-9-7-17(22)8-10-21/h3-6,14,17,22H,7-13H2,1-2H3,(H,20,23). The van der Waals surface area contributed by atoms with Crippen LogP contribution in [0.5, 0.6) is 0 Å². The summed E-state index contributed by atoms with van der Waals surface area (Å²) >= 11 is 0. The maximum Gasteiger partial charge on any atom is 0.338 e. The molecule has 0 aromatic heterocycles. The third-order valence-corrected chi connectivity index (χ3v) is 4.19. The summed E-state index contributed by atoms with van der Waals surface area (Å²) in [6.07, 6.45) is 1.44. The van der Waals surface area contributed by atoms with Crippen LogP contribution in [-0.4, -0.2) is 54.2 Å². The number of nitrogens with zero attached hydrogens (tertiary/aromatic N) is 1. The van der Waals surface area contributed by atoms with Crippen LogP contribution in [0.2, 0.25) is 0 Å². The van der Waals surface area contributed by atoms with E-state index in [1.54, 1.807) is 12.1 Å². The zero-order valence-corrected chi connectivity index (χ0v) is 15.0. The lowest BCUT2D eigenvalue weighted by Gasteiger charge is -2.29. The summed E-state index contributed by atoms with van der Waals surface area (Å²) in [5.74, 6) is -0.423. The number of benzene rings is 1. The summed E-state index contributed by atoms with van der Waals surface area (Å²) in [5.41, 5.74) is 1.55. The number of nitrogens with one attached hydrogen (secondary N) is 1. The molecule has 1 aromatic rings. The van der Waals surface area contributed by atoms with E-state index in [-0.39, 0.29) is 18.6 Å². The molecular formula is C19H28N2O4. The second-order valence-corrected chi connectivity index (χ2v) is 6.98. The predicted octanol–water partition coefficient (Wildman–Crippen LogP) is 1.57. The van der Waals surface area contributed by atoms with Crippen molar-refractivity contribution >= 4 is 11.9 Å². The van der Waals surface area contributed by atoms with E-state index in [1.807, 2.05) is 26.0 Å². The van der Waals surface area contributed by atoms with Gasteiger partial charge in [-0.2, -0.15) is 0 Å². The average molecular weight is 348 g/mol. The van der Waals surface area contributed by atoms with E-state index in [4.69, 9.17) is 4.74 Å². The Bertz CT molecular complexity index is 563. The topological polar surface area (TPSA) is 78.9 Å². The predicted molar refractivity (Wildman–Crippen MR) is 95.1 cm³/mol. The molecule has 6 nitrogen and oxygen atoms in total. The molecule has 1 fully saturated rings. The number of likely N-dealkylation sites (tertiary alicyclic amines) is 1. The van der Waals surface area contributed by atoms with Crippen molar-refractivity contribution < 1.29 is 19.4 Å². The first-order valence-corrected chi connectivity index (χ1v) is 8.87. The van der Waals surface area contributed by atoms with Gasteiger partial charge in [0, 0.05) is 26.2 Å². The van der Waals surface area contributed by atoms with Gasteiger partial charge in [-0.05, 0) is 36.5 Å². The monoisotopic (exact) mass is 348 g/mol. The van der Waals surface area contributed by atoms with Gasteiger partial charge in [-0.1, -0.05) is 26.0 Å². The number of piperidine rings is 1. The molecule has 2 N–H and O–H groups in total. The molecule has 138 valence electrons. The highest BCUT2D eigenvalue weighted by atomic mass is 16.5. The summed E-state index contributed by atoms with van der Waals surface area (Å²) < 4.78 is 5.03. The fraction of sp³-hybridized carbons (Fsp3) is 0.579. The van der Waals surface area contributed by atoms with Gasteiger partial charge in [0.15, 0.2) is 6.61 Å². The van der Waals surface area contributed by atoms with Crippen molar-refractivity contribution in [1.29, 1.82) is 0 Å². The van der Waals surface area contributed by atoms with Crippen LogP contribution in [0.1, 0.15) is 42.6 Å². The third kappa shape index (κ3) is 6.84. The Kier molecular flexibility index (Phi) is 7.40. The molecule has 0 saturated carbocycles. The number of aliphatic hydroxyl groups is 1. The van der Waals surface area contributed by atoms with Gasteiger partial charge in [-0.3, -0.25) is 9.69 Å². The van der Waals surface area contributed by atoms with E-state index in [1.165, 1.54) is 0 Å². The SMILES string of the molecule is CC(C)CNC(=O)COC(=O)c1ccc(CN2CCC(O)CC2)cc1. The van der Waals surface area contributed by atoms with Crippen LogP contribution >= 0.6 is 0 Å². The van der Waals surface area contributed by atoms with Gasteiger partial charge in [0.05, 0.1) is 11.7 Å². The van der Waals surface area contributed by atoms with Gasteiger partial charge >= 0.3 is 5.97 Å². The Morgan fingerprint density at radius 2 is 1.88 bits per heavy atom. The number of carbonyl (C=O) groups is 2. The van der Waals surface area contributed by atoms with E-state index >= 15 is 0 Å². The van der Waals surface area contributed by atoms with Crippen molar-refractivity contribution in [3.05, 3.63) is 35.4 Å². The molecule has 0 atom stereocenters. The van der Waals surface area contributed by atoms with E-state index < -0.39 is 5.97 Å². The molecular weight excluding hydrogens is 320 g/mol. The number of hydrogen-bond donors (Lipinski definition) is 2. The molecule has 1 amide bonds. The number of rotatable bonds is 7. The maximum absolute atomic E-state index is 12.0. The van der Waals surface area contributed by atoms with Gasteiger partial charge in [0.1, 0.15) is 0 Å². The number of aliphatic hydroxyl groups excluding tert-OH is 1. The molecule has 0 spiro atoms. The second-order valence-electron chi connectivity index (χ2n) is 6.98. The number of carbonyl (C=O) groups excluding carboxylic acids is 2. The number of esters is 1. The first kappa shape index (κ1) is 19.4. The molecule has 1 aromatic carbocycles. The second kappa shape index (κ2) is 9.53. The number of ether oxygens (including phenoxy) is 1. The number of amides is 1. The highest BCUT2D eigenvalue weighted by Gasteiger charge is 2.17. The molecule has 0 aliphatic carbocycles. The Morgan fingerprint density at radius 1 is 1.24 bits per heavy atom. The minimum Gasteiger partial charge on any atom is -0.452 e. The molecule has 6 heteroatoms. The van der Waals surface area contributed by atoms with Crippen molar-refractivity contribution in [1.82, 2.24) is 10.2 Å². The lowest BCUT2D eigenvalue weighted by Crippen LogP contribution is -2.35. The molecule has 0 bridgehead atoms. The van der Waals surface area contributed by atoms with Gasteiger partial charge in [-0.15, -0.1) is 0 Å². The molecule has 1 aliphatic rings. The summed E-state index contributed by atoms with van der Waals surface area (Å²) in [6.45, 7) is 6.88. The molecule has 25 heavy (non-hydrogen) atoms. The molecule has 1 heterocycles. The first-order chi connectivity index (χ1) is 11.9. The molecule has 0 radical (unpaired) electrons. The Hall–Kier alpha value is -1.92. The maximum atomic E-state index is 12.0. The fourth-order valence-corrected chi connectivity index (χ4v) is 2.67. The molecule has 0 unspecified atom stereocenters. The molecule has 1 saturated heterocycles. The minimum absolute atomic E-state index is 0.175. The van der Waals surface area contributed by atoms with Crippen molar-refractivity contribution in [3.63, 3.8) is 0 Å². The van der Waals surface area contributed by atoms with Gasteiger partial charge in [-0.25, -0.2) is 4.79 Å². The van der Waals surface area contributed by atoms with Crippen LogP contribution in [-0.2, 0) is 16.1 Å². The lowest BCUT2D eigenvalue weighted by molar-refractivity contribution is -0.124. The van der Waals surface area contributed by atoms with Crippen LogP contribution < -0.4 is 5.32 Å². The normalized spacial score (nSPS) is 16.0. The first-order valence-electron chi connectivity index (χ1n) is 8.87. The van der Waals surface area contributed by atoms with Gasteiger partial charge < -0.3 is 15.2 Å². The smallest absolute Gasteiger partial charge is 0.338 e. The fourth-order valence-electron chi connectivity index (χ4n) is 2.67. The van der Waals surface area contributed by atoms with E-state index in [0.717, 1.165) is 38.0 Å².